The molecular weight excluding hydrogens is 761 g/mol. The fourth-order valence-corrected chi connectivity index (χ4v) is 8.88. The minimum atomic E-state index is -0.549. The maximum Gasteiger partial charge on any atom is 0.164 e. The van der Waals surface area contributed by atoms with E-state index < -0.39 is 5.41 Å². The van der Waals surface area contributed by atoms with E-state index in [4.69, 9.17) is 24.7 Å². The molecule has 4 aromatic heterocycles. The summed E-state index contributed by atoms with van der Waals surface area (Å²) >= 11 is 0. The van der Waals surface area contributed by atoms with Crippen molar-refractivity contribution in [3.05, 3.63) is 224 Å². The second kappa shape index (κ2) is 15.8. The molecule has 1 aliphatic carbocycles. The SMILES string of the molecule is C1=CCOc2ccccc2C2(CC=C1)c1ccc(-c3cc(-c4ccncc4)nc(-c4ccncc4)c3)cc1-c1cc(-c3nc(-c4ccccc4)nc(-c4ccccc4)n3)ccc12. The van der Waals surface area contributed by atoms with Crippen molar-refractivity contribution in [2.24, 2.45) is 0 Å². The van der Waals surface area contributed by atoms with Crippen LogP contribution in [-0.2, 0) is 5.41 Å². The average molecular weight is 799 g/mol. The second-order valence-electron chi connectivity index (χ2n) is 15.4. The number of rotatable bonds is 6. The summed E-state index contributed by atoms with van der Waals surface area (Å²) in [6.45, 7) is 0.476. The van der Waals surface area contributed by atoms with Crippen molar-refractivity contribution in [3.8, 4) is 84.7 Å². The number of fused-ring (bicyclic) bond motifs is 7. The molecule has 0 amide bonds. The number of benzene rings is 5. The molecule has 2 aliphatic rings. The summed E-state index contributed by atoms with van der Waals surface area (Å²) in [7, 11) is 0. The summed E-state index contributed by atoms with van der Waals surface area (Å²) < 4.78 is 6.52. The molecule has 0 saturated carbocycles. The van der Waals surface area contributed by atoms with Gasteiger partial charge in [-0.2, -0.15) is 0 Å². The van der Waals surface area contributed by atoms with Crippen molar-refractivity contribution >= 4 is 0 Å². The van der Waals surface area contributed by atoms with Gasteiger partial charge in [0.1, 0.15) is 12.4 Å². The zero-order chi connectivity index (χ0) is 41.3. The molecule has 7 heteroatoms. The van der Waals surface area contributed by atoms with Gasteiger partial charge in [-0.05, 0) is 100 Å². The van der Waals surface area contributed by atoms with Crippen molar-refractivity contribution in [3.63, 3.8) is 0 Å². The van der Waals surface area contributed by atoms with Crippen LogP contribution in [0.15, 0.2) is 207 Å². The summed E-state index contributed by atoms with van der Waals surface area (Å²) in [5.41, 5.74) is 13.9. The number of hydrogen-bond acceptors (Lipinski definition) is 7. The van der Waals surface area contributed by atoms with Gasteiger partial charge in [0, 0.05) is 58.2 Å². The molecule has 0 N–H and O–H groups in total. The quantitative estimate of drug-likeness (QED) is 0.166. The lowest BCUT2D eigenvalue weighted by atomic mass is 9.69. The Kier molecular flexibility index (Phi) is 9.39. The van der Waals surface area contributed by atoms with Gasteiger partial charge in [-0.3, -0.25) is 9.97 Å². The molecule has 11 rings (SSSR count). The van der Waals surface area contributed by atoms with Crippen LogP contribution in [0.1, 0.15) is 23.1 Å². The Labute approximate surface area is 359 Å². The zero-order valence-corrected chi connectivity index (χ0v) is 33.6. The van der Waals surface area contributed by atoms with Crippen LogP contribution in [0, 0.1) is 0 Å². The molecule has 0 radical (unpaired) electrons. The lowest BCUT2D eigenvalue weighted by Crippen LogP contribution is -2.27. The Balaban J connectivity index is 1.15. The highest BCUT2D eigenvalue weighted by atomic mass is 16.5. The molecule has 5 aromatic carbocycles. The predicted molar refractivity (Wildman–Crippen MR) is 246 cm³/mol. The number of hydrogen-bond donors (Lipinski definition) is 0. The van der Waals surface area contributed by atoms with Crippen molar-refractivity contribution in [1.82, 2.24) is 29.9 Å². The third kappa shape index (κ3) is 6.66. The van der Waals surface area contributed by atoms with Gasteiger partial charge in [-0.15, -0.1) is 0 Å². The van der Waals surface area contributed by atoms with Crippen molar-refractivity contribution in [2.45, 2.75) is 11.8 Å². The monoisotopic (exact) mass is 798 g/mol. The number of para-hydroxylation sites is 1. The summed E-state index contributed by atoms with van der Waals surface area (Å²) in [6.07, 6.45) is 16.5. The molecule has 294 valence electrons. The number of pyridine rings is 3. The minimum Gasteiger partial charge on any atom is -0.489 e. The third-order valence-electron chi connectivity index (χ3n) is 11.8. The average Bonchev–Trinajstić information content (AvgIpc) is 3.63. The van der Waals surface area contributed by atoms with Gasteiger partial charge in [0.05, 0.1) is 16.8 Å². The summed E-state index contributed by atoms with van der Waals surface area (Å²) in [5, 5.41) is 0. The second-order valence-corrected chi connectivity index (χ2v) is 15.4. The molecule has 0 fully saturated rings. The van der Waals surface area contributed by atoms with Crippen LogP contribution in [0.25, 0.3) is 78.9 Å². The van der Waals surface area contributed by atoms with E-state index in [1.807, 2.05) is 110 Å². The Morgan fingerprint density at radius 1 is 0.387 bits per heavy atom. The van der Waals surface area contributed by atoms with Crippen molar-refractivity contribution < 1.29 is 4.74 Å². The smallest absolute Gasteiger partial charge is 0.164 e. The van der Waals surface area contributed by atoms with E-state index in [1.165, 1.54) is 11.1 Å². The van der Waals surface area contributed by atoms with Crippen LogP contribution in [0.3, 0.4) is 0 Å². The zero-order valence-electron chi connectivity index (χ0n) is 33.6. The van der Waals surface area contributed by atoms with Crippen molar-refractivity contribution in [2.75, 3.05) is 6.61 Å². The number of allylic oxidation sites excluding steroid dienone is 3. The minimum absolute atomic E-state index is 0.476. The maximum atomic E-state index is 6.52. The van der Waals surface area contributed by atoms with Gasteiger partial charge >= 0.3 is 0 Å². The number of nitrogens with zero attached hydrogens (tertiary/aromatic N) is 6. The molecule has 7 nitrogen and oxygen atoms in total. The fourth-order valence-electron chi connectivity index (χ4n) is 8.88. The van der Waals surface area contributed by atoms with Gasteiger partial charge in [0.25, 0.3) is 0 Å². The van der Waals surface area contributed by atoms with Gasteiger partial charge in [-0.1, -0.05) is 121 Å². The lowest BCUT2D eigenvalue weighted by Gasteiger charge is -2.34. The number of aromatic nitrogens is 6. The molecule has 0 bridgehead atoms. The van der Waals surface area contributed by atoms with Gasteiger partial charge < -0.3 is 4.74 Å². The van der Waals surface area contributed by atoms with Crippen LogP contribution >= 0.6 is 0 Å². The first-order valence-corrected chi connectivity index (χ1v) is 20.8. The fraction of sp³-hybridized carbons (Fsp3) is 0.0545. The molecule has 1 spiro atoms. The molecule has 5 heterocycles. The summed E-state index contributed by atoms with van der Waals surface area (Å²) in [4.78, 5) is 28.9. The highest BCUT2D eigenvalue weighted by molar-refractivity contribution is 5.90. The van der Waals surface area contributed by atoms with Gasteiger partial charge in [0.2, 0.25) is 0 Å². The lowest BCUT2D eigenvalue weighted by molar-refractivity contribution is 0.353. The van der Waals surface area contributed by atoms with Crippen LogP contribution in [0.5, 0.6) is 5.75 Å². The van der Waals surface area contributed by atoms with E-state index in [9.17, 15) is 0 Å². The highest BCUT2D eigenvalue weighted by Crippen LogP contribution is 2.58. The summed E-state index contributed by atoms with van der Waals surface area (Å²) in [5.74, 6) is 2.73. The third-order valence-corrected chi connectivity index (χ3v) is 11.8. The molecule has 0 saturated heterocycles. The van der Waals surface area contributed by atoms with E-state index >= 15 is 0 Å². The first-order chi connectivity index (χ1) is 30.7. The van der Waals surface area contributed by atoms with E-state index in [-0.39, 0.29) is 0 Å². The van der Waals surface area contributed by atoms with E-state index in [2.05, 4.69) is 107 Å². The topological polar surface area (TPSA) is 86.6 Å². The predicted octanol–water partition coefficient (Wildman–Crippen LogP) is 12.3. The molecule has 1 atom stereocenters. The Bertz CT molecular complexity index is 2860. The molecule has 1 unspecified atom stereocenters. The van der Waals surface area contributed by atoms with Gasteiger partial charge in [-0.25, -0.2) is 19.9 Å². The Hall–Kier alpha value is -8.16. The standard InChI is InChI=1S/C55H38N6O/c1-2-12-32-62-51-18-10-9-17-48(51)55(27-11-1)46-21-19-41(43-35-49(37-23-28-56-29-24-37)58-50(36-43)38-25-30-57-31-26-38)33-44(46)45-34-42(20-22-47(45)55)54-60-52(39-13-5-3-6-14-39)59-53(61-54)40-15-7-4-8-16-40/h1-26,28-31,33-36H,27,32H2. The largest absolute Gasteiger partial charge is 0.489 e. The summed E-state index contributed by atoms with van der Waals surface area (Å²) in [6, 6.07) is 54.7. The first-order valence-electron chi connectivity index (χ1n) is 20.8. The normalized spacial score (nSPS) is 15.0. The Morgan fingerprint density at radius 3 is 1.52 bits per heavy atom. The highest BCUT2D eigenvalue weighted by Gasteiger charge is 2.46. The number of ether oxygens (including phenoxy) is 1. The van der Waals surface area contributed by atoms with E-state index in [0.717, 1.165) is 79.2 Å². The van der Waals surface area contributed by atoms with Crippen LogP contribution in [0.4, 0.5) is 0 Å². The molecule has 9 aromatic rings. The van der Waals surface area contributed by atoms with Crippen LogP contribution in [0.2, 0.25) is 0 Å². The Morgan fingerprint density at radius 2 is 0.903 bits per heavy atom. The van der Waals surface area contributed by atoms with Crippen molar-refractivity contribution in [1.29, 1.82) is 0 Å². The molecule has 1 aliphatic heterocycles. The van der Waals surface area contributed by atoms with E-state index in [1.54, 1.807) is 0 Å². The molecule has 62 heavy (non-hydrogen) atoms. The van der Waals surface area contributed by atoms with Crippen LogP contribution < -0.4 is 4.74 Å². The van der Waals surface area contributed by atoms with E-state index in [0.29, 0.717) is 24.1 Å². The first kappa shape index (κ1) is 36.9. The molecular formula is C55H38N6O. The maximum absolute atomic E-state index is 6.52. The van der Waals surface area contributed by atoms with Crippen LogP contribution in [-0.4, -0.2) is 36.5 Å². The van der Waals surface area contributed by atoms with Gasteiger partial charge in [0.15, 0.2) is 17.5 Å².